The maximum Gasteiger partial charge on any atom is 0.273 e. The molecule has 5 nitrogen and oxygen atoms in total. The molecule has 0 aliphatic heterocycles. The molecule has 3 rings (SSSR count). The Balaban J connectivity index is 1.68. The molecule has 134 valence electrons. The highest BCUT2D eigenvalue weighted by Gasteiger charge is 2.16. The van der Waals surface area contributed by atoms with Crippen LogP contribution in [0, 0.1) is 0 Å². The van der Waals surface area contributed by atoms with Gasteiger partial charge in [0.1, 0.15) is 5.75 Å². The van der Waals surface area contributed by atoms with Crippen LogP contribution in [0.25, 0.3) is 11.3 Å². The molecule has 1 N–H and O–H groups in total. The molecule has 1 aromatic heterocycles. The van der Waals surface area contributed by atoms with Gasteiger partial charge < -0.3 is 14.6 Å². The molecule has 0 radical (unpaired) electrons. The topological polar surface area (TPSA) is 64.4 Å². The average Bonchev–Trinajstić information content (AvgIpc) is 3.13. The van der Waals surface area contributed by atoms with Crippen LogP contribution in [-0.2, 0) is 0 Å². The van der Waals surface area contributed by atoms with E-state index in [1.165, 1.54) is 0 Å². The van der Waals surface area contributed by atoms with Crippen LogP contribution in [0.1, 0.15) is 42.9 Å². The van der Waals surface area contributed by atoms with Crippen molar-refractivity contribution in [3.05, 3.63) is 71.9 Å². The van der Waals surface area contributed by atoms with Crippen LogP contribution >= 0.6 is 0 Å². The van der Waals surface area contributed by atoms with Gasteiger partial charge in [0.05, 0.1) is 12.1 Å². The SMILES string of the molecule is CC(C)Oc1ccc(-c2cc(C(=O)NC(C)c3ccccc3)no2)cc1. The van der Waals surface area contributed by atoms with Crippen molar-refractivity contribution >= 4 is 5.91 Å². The fraction of sp³-hybridized carbons (Fsp3) is 0.238. The van der Waals surface area contributed by atoms with Gasteiger partial charge in [0.25, 0.3) is 5.91 Å². The van der Waals surface area contributed by atoms with E-state index in [2.05, 4.69) is 10.5 Å². The summed E-state index contributed by atoms with van der Waals surface area (Å²) in [6, 6.07) is 18.8. The van der Waals surface area contributed by atoms with Crippen LogP contribution in [0.3, 0.4) is 0 Å². The average molecular weight is 350 g/mol. The Kier molecular flexibility index (Phi) is 5.37. The lowest BCUT2D eigenvalue weighted by Gasteiger charge is -2.12. The third kappa shape index (κ3) is 4.30. The second kappa shape index (κ2) is 7.87. The molecule has 0 saturated carbocycles. The van der Waals surface area contributed by atoms with E-state index in [1.807, 2.05) is 75.4 Å². The van der Waals surface area contributed by atoms with Crippen molar-refractivity contribution in [2.45, 2.75) is 32.9 Å². The summed E-state index contributed by atoms with van der Waals surface area (Å²) in [6.45, 7) is 5.89. The summed E-state index contributed by atoms with van der Waals surface area (Å²) in [5, 5.41) is 6.82. The van der Waals surface area contributed by atoms with Gasteiger partial charge in [-0.05, 0) is 50.6 Å². The largest absolute Gasteiger partial charge is 0.491 e. The molecule has 0 bridgehead atoms. The molecule has 1 amide bonds. The van der Waals surface area contributed by atoms with E-state index in [0.717, 1.165) is 16.9 Å². The van der Waals surface area contributed by atoms with Crippen molar-refractivity contribution in [2.75, 3.05) is 0 Å². The van der Waals surface area contributed by atoms with Gasteiger partial charge in [0, 0.05) is 11.6 Å². The fourth-order valence-electron chi connectivity index (χ4n) is 2.58. The smallest absolute Gasteiger partial charge is 0.273 e. The number of amides is 1. The van der Waals surface area contributed by atoms with E-state index in [0.29, 0.717) is 5.76 Å². The van der Waals surface area contributed by atoms with E-state index in [1.54, 1.807) is 6.07 Å². The summed E-state index contributed by atoms with van der Waals surface area (Å²) in [4.78, 5) is 12.4. The molecule has 1 heterocycles. The lowest BCUT2D eigenvalue weighted by atomic mass is 10.1. The highest BCUT2D eigenvalue weighted by Crippen LogP contribution is 2.24. The molecule has 3 aromatic rings. The van der Waals surface area contributed by atoms with Crippen molar-refractivity contribution in [3.63, 3.8) is 0 Å². The van der Waals surface area contributed by atoms with Gasteiger partial charge in [-0.3, -0.25) is 4.79 Å². The number of rotatable bonds is 6. The number of carbonyl (C=O) groups excluding carboxylic acids is 1. The fourth-order valence-corrected chi connectivity index (χ4v) is 2.58. The number of hydrogen-bond acceptors (Lipinski definition) is 4. The van der Waals surface area contributed by atoms with Gasteiger partial charge in [0.15, 0.2) is 11.5 Å². The minimum absolute atomic E-state index is 0.115. The van der Waals surface area contributed by atoms with Gasteiger partial charge in [-0.15, -0.1) is 0 Å². The van der Waals surface area contributed by atoms with Crippen LogP contribution in [-0.4, -0.2) is 17.2 Å². The molecule has 1 unspecified atom stereocenters. The molecular formula is C21H22N2O3. The predicted octanol–water partition coefficient (Wildman–Crippen LogP) is 4.62. The Bertz CT molecular complexity index is 854. The zero-order valence-corrected chi connectivity index (χ0v) is 15.1. The monoisotopic (exact) mass is 350 g/mol. The highest BCUT2D eigenvalue weighted by atomic mass is 16.5. The quantitative estimate of drug-likeness (QED) is 0.704. The van der Waals surface area contributed by atoms with Gasteiger partial charge in [0.2, 0.25) is 0 Å². The van der Waals surface area contributed by atoms with Gasteiger partial charge in [-0.1, -0.05) is 35.5 Å². The first-order chi connectivity index (χ1) is 12.5. The first-order valence-corrected chi connectivity index (χ1v) is 8.62. The van der Waals surface area contributed by atoms with Gasteiger partial charge >= 0.3 is 0 Å². The lowest BCUT2D eigenvalue weighted by Crippen LogP contribution is -2.26. The van der Waals surface area contributed by atoms with Crippen molar-refractivity contribution in [3.8, 4) is 17.1 Å². The van der Waals surface area contributed by atoms with Crippen molar-refractivity contribution in [1.82, 2.24) is 10.5 Å². The third-order valence-electron chi connectivity index (χ3n) is 3.90. The second-order valence-corrected chi connectivity index (χ2v) is 6.37. The van der Waals surface area contributed by atoms with Crippen molar-refractivity contribution in [1.29, 1.82) is 0 Å². The summed E-state index contributed by atoms with van der Waals surface area (Å²) in [6.07, 6.45) is 0.119. The van der Waals surface area contributed by atoms with E-state index < -0.39 is 0 Å². The number of nitrogens with zero attached hydrogens (tertiary/aromatic N) is 1. The molecule has 0 aliphatic rings. The molecule has 1 atom stereocenters. The van der Waals surface area contributed by atoms with Gasteiger partial charge in [-0.25, -0.2) is 0 Å². The first-order valence-electron chi connectivity index (χ1n) is 8.62. The maximum atomic E-state index is 12.4. The van der Waals surface area contributed by atoms with Crippen molar-refractivity contribution < 1.29 is 14.1 Å². The molecular weight excluding hydrogens is 328 g/mol. The molecule has 0 spiro atoms. The van der Waals surface area contributed by atoms with E-state index >= 15 is 0 Å². The van der Waals surface area contributed by atoms with Crippen LogP contribution in [0.15, 0.2) is 65.2 Å². The molecule has 0 fully saturated rings. The number of hydrogen-bond donors (Lipinski definition) is 1. The number of carbonyl (C=O) groups is 1. The van der Waals surface area contributed by atoms with E-state index in [-0.39, 0.29) is 23.7 Å². The molecule has 26 heavy (non-hydrogen) atoms. The predicted molar refractivity (Wildman–Crippen MR) is 100 cm³/mol. The Morgan fingerprint density at radius 2 is 1.73 bits per heavy atom. The number of nitrogens with one attached hydrogen (secondary N) is 1. The number of benzene rings is 2. The van der Waals surface area contributed by atoms with Gasteiger partial charge in [-0.2, -0.15) is 0 Å². The third-order valence-corrected chi connectivity index (χ3v) is 3.90. The Labute approximate surface area is 153 Å². The zero-order chi connectivity index (χ0) is 18.5. The van der Waals surface area contributed by atoms with Crippen molar-refractivity contribution in [2.24, 2.45) is 0 Å². The molecule has 2 aromatic carbocycles. The summed E-state index contributed by atoms with van der Waals surface area (Å²) in [5.41, 5.74) is 2.12. The molecule has 0 aliphatic carbocycles. The molecule has 0 saturated heterocycles. The Hall–Kier alpha value is -3.08. The first kappa shape index (κ1) is 17.7. The Morgan fingerprint density at radius 1 is 1.04 bits per heavy atom. The van der Waals surface area contributed by atoms with Crippen LogP contribution < -0.4 is 10.1 Å². The standard InChI is InChI=1S/C21H22N2O3/c1-14(2)25-18-11-9-17(10-12-18)20-13-19(23-26-20)21(24)22-15(3)16-7-5-4-6-8-16/h4-15H,1-3H3,(H,22,24). The number of ether oxygens (including phenoxy) is 1. The van der Waals surface area contributed by atoms with E-state index in [9.17, 15) is 4.79 Å². The summed E-state index contributed by atoms with van der Waals surface area (Å²) in [5.74, 6) is 1.06. The Morgan fingerprint density at radius 3 is 2.38 bits per heavy atom. The number of aromatic nitrogens is 1. The summed E-state index contributed by atoms with van der Waals surface area (Å²) < 4.78 is 11.0. The zero-order valence-electron chi connectivity index (χ0n) is 15.1. The minimum atomic E-state index is -0.267. The minimum Gasteiger partial charge on any atom is -0.491 e. The highest BCUT2D eigenvalue weighted by molar-refractivity contribution is 5.93. The molecule has 5 heteroatoms. The van der Waals surface area contributed by atoms with Crippen LogP contribution in [0.4, 0.5) is 0 Å². The maximum absolute atomic E-state index is 12.4. The second-order valence-electron chi connectivity index (χ2n) is 6.37. The normalized spacial score (nSPS) is 12.0. The van der Waals surface area contributed by atoms with Crippen LogP contribution in [0.2, 0.25) is 0 Å². The summed E-state index contributed by atoms with van der Waals surface area (Å²) >= 11 is 0. The lowest BCUT2D eigenvalue weighted by molar-refractivity contribution is 0.0931. The van der Waals surface area contributed by atoms with Crippen LogP contribution in [0.5, 0.6) is 5.75 Å². The van der Waals surface area contributed by atoms with E-state index in [4.69, 9.17) is 9.26 Å². The summed E-state index contributed by atoms with van der Waals surface area (Å²) in [7, 11) is 0.